The van der Waals surface area contributed by atoms with Crippen LogP contribution in [0.25, 0.3) is 0 Å². The molecule has 0 aliphatic carbocycles. The van der Waals surface area contributed by atoms with Gasteiger partial charge >= 0.3 is 0 Å². The summed E-state index contributed by atoms with van der Waals surface area (Å²) in [5, 5.41) is 8.13. The van der Waals surface area contributed by atoms with E-state index >= 15 is 0 Å². The third-order valence-corrected chi connectivity index (χ3v) is 5.04. The Morgan fingerprint density at radius 3 is 2.57 bits per heavy atom. The molecular weight excluding hydrogens is 359 g/mol. The van der Waals surface area contributed by atoms with Gasteiger partial charge in [-0.2, -0.15) is 10.2 Å². The molecule has 0 saturated carbocycles. The van der Waals surface area contributed by atoms with E-state index in [1.807, 2.05) is 13.0 Å². The first-order valence-corrected chi connectivity index (χ1v) is 9.61. The van der Waals surface area contributed by atoms with E-state index in [-0.39, 0.29) is 17.4 Å². The fourth-order valence-corrected chi connectivity index (χ4v) is 3.40. The van der Waals surface area contributed by atoms with Gasteiger partial charge in [0.25, 0.3) is 5.91 Å². The van der Waals surface area contributed by atoms with Crippen LogP contribution in [0.4, 0.5) is 4.39 Å². The lowest BCUT2D eigenvalue weighted by Gasteiger charge is -2.22. The Labute approximate surface area is 164 Å². The second-order valence-corrected chi connectivity index (χ2v) is 7.05. The third-order valence-electron chi connectivity index (χ3n) is 5.04. The van der Waals surface area contributed by atoms with Crippen LogP contribution >= 0.6 is 0 Å². The fourth-order valence-electron chi connectivity index (χ4n) is 3.40. The van der Waals surface area contributed by atoms with Crippen LogP contribution in [0.3, 0.4) is 0 Å². The van der Waals surface area contributed by atoms with E-state index in [0.29, 0.717) is 39.0 Å². The summed E-state index contributed by atoms with van der Waals surface area (Å²) in [6.45, 7) is 5.58. The molecule has 28 heavy (non-hydrogen) atoms. The van der Waals surface area contributed by atoms with Gasteiger partial charge < -0.3 is 9.80 Å². The number of aryl methyl sites for hydroxylation is 1. The zero-order chi connectivity index (χ0) is 20.1. The second kappa shape index (κ2) is 8.91. The zero-order valence-corrected chi connectivity index (χ0v) is 16.3. The van der Waals surface area contributed by atoms with E-state index in [9.17, 15) is 14.0 Å². The standard InChI is InChI=1S/C21H25FN4O2/c1-3-16-11-18(24-23-14-16)12-17-5-6-20(22)19(13-17)21(28)26-8-4-7-25(9-10-26)15(2)27/h5-6,11,13-14H,3-4,7-10,12H2,1-2H3. The van der Waals surface area contributed by atoms with E-state index in [2.05, 4.69) is 10.2 Å². The molecule has 2 heterocycles. The molecule has 1 fully saturated rings. The topological polar surface area (TPSA) is 66.4 Å². The summed E-state index contributed by atoms with van der Waals surface area (Å²) in [7, 11) is 0. The van der Waals surface area contributed by atoms with Crippen LogP contribution in [0.2, 0.25) is 0 Å². The molecule has 2 amide bonds. The second-order valence-electron chi connectivity index (χ2n) is 7.05. The van der Waals surface area contributed by atoms with Crippen molar-refractivity contribution in [2.24, 2.45) is 0 Å². The molecule has 7 heteroatoms. The highest BCUT2D eigenvalue weighted by molar-refractivity contribution is 5.94. The van der Waals surface area contributed by atoms with E-state index in [4.69, 9.17) is 0 Å². The number of halogens is 1. The minimum Gasteiger partial charge on any atom is -0.341 e. The average molecular weight is 384 g/mol. The molecule has 148 valence electrons. The van der Waals surface area contributed by atoms with Crippen molar-refractivity contribution in [1.82, 2.24) is 20.0 Å². The predicted molar refractivity (Wildman–Crippen MR) is 103 cm³/mol. The SMILES string of the molecule is CCc1cnnc(Cc2ccc(F)c(C(=O)N3CCCN(C(C)=O)CC3)c2)c1. The summed E-state index contributed by atoms with van der Waals surface area (Å²) in [6, 6.07) is 6.58. The van der Waals surface area contributed by atoms with Gasteiger partial charge in [-0.3, -0.25) is 9.59 Å². The predicted octanol–water partition coefficient (Wildman–Crippen LogP) is 2.46. The smallest absolute Gasteiger partial charge is 0.256 e. The maximum absolute atomic E-state index is 14.4. The third kappa shape index (κ3) is 4.71. The summed E-state index contributed by atoms with van der Waals surface area (Å²) in [4.78, 5) is 27.8. The monoisotopic (exact) mass is 384 g/mol. The van der Waals surface area contributed by atoms with Crippen molar-refractivity contribution in [1.29, 1.82) is 0 Å². The number of aromatic nitrogens is 2. The van der Waals surface area contributed by atoms with Gasteiger partial charge in [0.2, 0.25) is 5.91 Å². The van der Waals surface area contributed by atoms with Crippen molar-refractivity contribution in [3.63, 3.8) is 0 Å². The van der Waals surface area contributed by atoms with Crippen molar-refractivity contribution in [2.75, 3.05) is 26.2 Å². The van der Waals surface area contributed by atoms with Gasteiger partial charge in [-0.25, -0.2) is 4.39 Å². The first-order chi connectivity index (χ1) is 13.5. The molecule has 2 aromatic rings. The highest BCUT2D eigenvalue weighted by atomic mass is 19.1. The first kappa shape index (κ1) is 19.9. The summed E-state index contributed by atoms with van der Waals surface area (Å²) in [5.41, 5.74) is 2.75. The minimum atomic E-state index is -0.533. The summed E-state index contributed by atoms with van der Waals surface area (Å²) >= 11 is 0. The molecule has 0 radical (unpaired) electrons. The Kier molecular flexibility index (Phi) is 6.34. The quantitative estimate of drug-likeness (QED) is 0.812. The molecule has 0 atom stereocenters. The molecule has 0 bridgehead atoms. The lowest BCUT2D eigenvalue weighted by molar-refractivity contribution is -0.128. The molecule has 6 nitrogen and oxygen atoms in total. The molecule has 1 aromatic carbocycles. The van der Waals surface area contributed by atoms with E-state index in [1.165, 1.54) is 13.0 Å². The molecule has 3 rings (SSSR count). The number of hydrogen-bond donors (Lipinski definition) is 0. The minimum absolute atomic E-state index is 0.00195. The van der Waals surface area contributed by atoms with Crippen molar-refractivity contribution in [3.05, 3.63) is 58.7 Å². The van der Waals surface area contributed by atoms with Gasteiger partial charge in [0, 0.05) is 39.5 Å². The highest BCUT2D eigenvalue weighted by Crippen LogP contribution is 2.17. The normalized spacial score (nSPS) is 14.7. The molecule has 0 spiro atoms. The van der Waals surface area contributed by atoms with Crippen molar-refractivity contribution in [2.45, 2.75) is 33.1 Å². The van der Waals surface area contributed by atoms with Gasteiger partial charge in [-0.1, -0.05) is 13.0 Å². The van der Waals surface area contributed by atoms with Gasteiger partial charge in [-0.05, 0) is 42.2 Å². The van der Waals surface area contributed by atoms with Crippen LogP contribution in [-0.2, 0) is 17.6 Å². The molecule has 1 aliphatic rings. The fraction of sp³-hybridized carbons (Fsp3) is 0.429. The van der Waals surface area contributed by atoms with Crippen LogP contribution < -0.4 is 0 Å². The largest absolute Gasteiger partial charge is 0.341 e. The molecule has 1 aliphatic heterocycles. The Balaban J connectivity index is 1.77. The van der Waals surface area contributed by atoms with Crippen LogP contribution in [-0.4, -0.2) is 58.0 Å². The Morgan fingerprint density at radius 1 is 1.07 bits per heavy atom. The molecule has 0 N–H and O–H groups in total. The zero-order valence-electron chi connectivity index (χ0n) is 16.3. The van der Waals surface area contributed by atoms with Crippen molar-refractivity contribution >= 4 is 11.8 Å². The van der Waals surface area contributed by atoms with E-state index in [1.54, 1.807) is 28.1 Å². The number of nitrogens with zero attached hydrogens (tertiary/aromatic N) is 4. The number of carbonyl (C=O) groups excluding carboxylic acids is 2. The molecule has 1 saturated heterocycles. The lowest BCUT2D eigenvalue weighted by Crippen LogP contribution is -2.36. The van der Waals surface area contributed by atoms with E-state index < -0.39 is 5.82 Å². The first-order valence-electron chi connectivity index (χ1n) is 9.61. The van der Waals surface area contributed by atoms with E-state index in [0.717, 1.165) is 23.2 Å². The summed E-state index contributed by atoms with van der Waals surface area (Å²) < 4.78 is 14.4. The summed E-state index contributed by atoms with van der Waals surface area (Å²) in [5.74, 6) is -0.870. The lowest BCUT2D eigenvalue weighted by atomic mass is 10.0. The van der Waals surface area contributed by atoms with Gasteiger partial charge in [0.1, 0.15) is 5.82 Å². The van der Waals surface area contributed by atoms with Crippen LogP contribution in [0.15, 0.2) is 30.5 Å². The maximum Gasteiger partial charge on any atom is 0.256 e. The number of carbonyl (C=O) groups is 2. The van der Waals surface area contributed by atoms with Crippen LogP contribution in [0.5, 0.6) is 0 Å². The molecule has 1 aromatic heterocycles. The number of rotatable bonds is 4. The molecular formula is C21H25FN4O2. The Hall–Kier alpha value is -2.83. The Bertz CT molecular complexity index is 871. The Morgan fingerprint density at radius 2 is 1.82 bits per heavy atom. The number of amides is 2. The van der Waals surface area contributed by atoms with Gasteiger partial charge in [-0.15, -0.1) is 0 Å². The van der Waals surface area contributed by atoms with Crippen LogP contribution in [0, 0.1) is 5.82 Å². The van der Waals surface area contributed by atoms with Crippen molar-refractivity contribution < 1.29 is 14.0 Å². The van der Waals surface area contributed by atoms with Crippen molar-refractivity contribution in [3.8, 4) is 0 Å². The van der Waals surface area contributed by atoms with Crippen LogP contribution in [0.1, 0.15) is 47.4 Å². The molecule has 0 unspecified atom stereocenters. The summed E-state index contributed by atoms with van der Waals surface area (Å²) in [6.07, 6.45) is 3.76. The maximum atomic E-state index is 14.4. The number of benzene rings is 1. The highest BCUT2D eigenvalue weighted by Gasteiger charge is 2.23. The number of hydrogen-bond acceptors (Lipinski definition) is 4. The van der Waals surface area contributed by atoms with Gasteiger partial charge in [0.15, 0.2) is 0 Å². The average Bonchev–Trinajstić information content (AvgIpc) is 2.95. The van der Waals surface area contributed by atoms with Gasteiger partial charge in [0.05, 0.1) is 17.5 Å².